The number of hydrogen-bond acceptors (Lipinski definition) is 1. The maximum Gasteiger partial charge on any atom is 0.142 e. The summed E-state index contributed by atoms with van der Waals surface area (Å²) < 4.78 is 13.5. The molecule has 3 heteroatoms. The lowest BCUT2D eigenvalue weighted by molar-refractivity contribution is 0.546. The van der Waals surface area contributed by atoms with E-state index >= 15 is 0 Å². The minimum atomic E-state index is -0.358. The predicted octanol–water partition coefficient (Wildman–Crippen LogP) is 4.68. The van der Waals surface area contributed by atoms with Crippen molar-refractivity contribution in [3.05, 3.63) is 70.0 Å². The molecule has 0 bridgehead atoms. The van der Waals surface area contributed by atoms with E-state index in [1.54, 1.807) is 6.07 Å². The Labute approximate surface area is 124 Å². The molecule has 1 nitrogen and oxygen atoms in total. The maximum atomic E-state index is 13.5. The Hall–Kier alpha value is -1.38. The second-order valence-corrected chi connectivity index (χ2v) is 5.32. The molecule has 0 aromatic heterocycles. The van der Waals surface area contributed by atoms with Crippen LogP contribution in [0.4, 0.5) is 4.39 Å². The molecule has 1 N–H and O–H groups in total. The highest BCUT2D eigenvalue weighted by Crippen LogP contribution is 2.26. The zero-order chi connectivity index (χ0) is 14.5. The van der Waals surface area contributed by atoms with Gasteiger partial charge in [0, 0.05) is 6.04 Å². The molecule has 106 valence electrons. The van der Waals surface area contributed by atoms with E-state index in [1.807, 2.05) is 12.1 Å². The smallest absolute Gasteiger partial charge is 0.142 e. The van der Waals surface area contributed by atoms with Crippen LogP contribution in [0.2, 0.25) is 5.02 Å². The van der Waals surface area contributed by atoms with E-state index in [0.29, 0.717) is 6.42 Å². The summed E-state index contributed by atoms with van der Waals surface area (Å²) in [5, 5.41) is 3.67. The van der Waals surface area contributed by atoms with Gasteiger partial charge in [-0.05, 0) is 37.1 Å². The van der Waals surface area contributed by atoms with Gasteiger partial charge < -0.3 is 5.32 Å². The van der Waals surface area contributed by atoms with Crippen LogP contribution in [0, 0.1) is 12.7 Å². The summed E-state index contributed by atoms with van der Waals surface area (Å²) >= 11 is 6.05. The quantitative estimate of drug-likeness (QED) is 0.843. The zero-order valence-corrected chi connectivity index (χ0v) is 12.5. The Balaban J connectivity index is 2.28. The van der Waals surface area contributed by atoms with Crippen LogP contribution in [0.3, 0.4) is 0 Å². The van der Waals surface area contributed by atoms with Crippen LogP contribution >= 0.6 is 11.6 Å². The first-order valence-electron chi connectivity index (χ1n) is 6.84. The Morgan fingerprint density at radius 3 is 2.65 bits per heavy atom. The van der Waals surface area contributed by atoms with E-state index in [1.165, 1.54) is 17.2 Å². The number of aryl methyl sites for hydroxylation is 1. The van der Waals surface area contributed by atoms with E-state index in [4.69, 9.17) is 11.6 Å². The van der Waals surface area contributed by atoms with Crippen LogP contribution in [0.1, 0.15) is 29.7 Å². The number of likely N-dealkylation sites (N-methyl/N-ethyl adjacent to an activating group) is 1. The summed E-state index contributed by atoms with van der Waals surface area (Å²) in [6, 6.07) is 13.5. The molecular weight excluding hydrogens is 273 g/mol. The van der Waals surface area contributed by atoms with Crippen molar-refractivity contribution >= 4 is 11.6 Å². The largest absolute Gasteiger partial charge is 0.310 e. The number of nitrogens with one attached hydrogen (secondary N) is 1. The molecule has 2 aromatic rings. The molecule has 0 amide bonds. The average molecular weight is 292 g/mol. The van der Waals surface area contributed by atoms with Crippen molar-refractivity contribution in [2.45, 2.75) is 26.3 Å². The molecule has 20 heavy (non-hydrogen) atoms. The first-order valence-corrected chi connectivity index (χ1v) is 7.22. The first kappa shape index (κ1) is 15.0. The van der Waals surface area contributed by atoms with Crippen molar-refractivity contribution in [1.29, 1.82) is 0 Å². The van der Waals surface area contributed by atoms with Gasteiger partial charge in [0.15, 0.2) is 0 Å². The summed E-state index contributed by atoms with van der Waals surface area (Å²) in [5.74, 6) is -0.358. The minimum absolute atomic E-state index is 0.138. The maximum absolute atomic E-state index is 13.5. The first-order chi connectivity index (χ1) is 9.61. The molecule has 2 aromatic carbocycles. The van der Waals surface area contributed by atoms with Gasteiger partial charge in [-0.2, -0.15) is 0 Å². The number of rotatable bonds is 5. The molecule has 0 aliphatic carbocycles. The van der Waals surface area contributed by atoms with Gasteiger partial charge in [0.2, 0.25) is 0 Å². The molecular formula is C17H19ClFN. The Bertz CT molecular complexity index is 583. The highest BCUT2D eigenvalue weighted by Gasteiger charge is 2.14. The lowest BCUT2D eigenvalue weighted by atomic mass is 9.97. The molecule has 0 saturated carbocycles. The van der Waals surface area contributed by atoms with Gasteiger partial charge in [-0.1, -0.05) is 60.5 Å². The van der Waals surface area contributed by atoms with Crippen molar-refractivity contribution in [3.63, 3.8) is 0 Å². The highest BCUT2D eigenvalue weighted by atomic mass is 35.5. The molecule has 0 aliphatic heterocycles. The molecule has 0 heterocycles. The van der Waals surface area contributed by atoms with E-state index in [0.717, 1.165) is 12.1 Å². The van der Waals surface area contributed by atoms with Crippen LogP contribution in [0.15, 0.2) is 42.5 Å². The van der Waals surface area contributed by atoms with Gasteiger partial charge in [-0.25, -0.2) is 4.39 Å². The molecule has 0 spiro atoms. The summed E-state index contributed by atoms with van der Waals surface area (Å²) in [5.41, 5.74) is 3.25. The standard InChI is InChI=1S/C17H19ClFN/c1-3-20-16(13-7-4-6-12(2)10-13)11-14-8-5-9-15(19)17(14)18/h4-10,16,20H,3,11H2,1-2H3. The molecule has 1 unspecified atom stereocenters. The monoisotopic (exact) mass is 291 g/mol. The topological polar surface area (TPSA) is 12.0 Å². The van der Waals surface area contributed by atoms with Gasteiger partial charge in [-0.15, -0.1) is 0 Å². The molecule has 0 saturated heterocycles. The van der Waals surface area contributed by atoms with E-state index in [-0.39, 0.29) is 16.9 Å². The van der Waals surface area contributed by atoms with E-state index in [2.05, 4.69) is 37.4 Å². The predicted molar refractivity (Wildman–Crippen MR) is 82.7 cm³/mol. The van der Waals surface area contributed by atoms with Crippen molar-refractivity contribution in [2.75, 3.05) is 6.54 Å². The van der Waals surface area contributed by atoms with Crippen LogP contribution in [0.5, 0.6) is 0 Å². The second-order valence-electron chi connectivity index (χ2n) is 4.94. The molecule has 1 atom stereocenters. The Kier molecular flexibility index (Phi) is 5.16. The number of benzene rings is 2. The third-order valence-electron chi connectivity index (χ3n) is 3.35. The molecule has 0 fully saturated rings. The fraction of sp³-hybridized carbons (Fsp3) is 0.294. The normalized spacial score (nSPS) is 12.4. The highest BCUT2D eigenvalue weighted by molar-refractivity contribution is 6.31. The fourth-order valence-electron chi connectivity index (χ4n) is 2.37. The fourth-order valence-corrected chi connectivity index (χ4v) is 2.57. The van der Waals surface area contributed by atoms with Crippen LogP contribution in [0.25, 0.3) is 0 Å². The number of halogens is 2. The van der Waals surface area contributed by atoms with Crippen molar-refractivity contribution < 1.29 is 4.39 Å². The average Bonchev–Trinajstić information content (AvgIpc) is 2.43. The molecule has 0 aliphatic rings. The van der Waals surface area contributed by atoms with Gasteiger partial charge in [0.1, 0.15) is 5.82 Å². The van der Waals surface area contributed by atoms with Crippen molar-refractivity contribution in [1.82, 2.24) is 5.32 Å². The van der Waals surface area contributed by atoms with Crippen LogP contribution in [-0.2, 0) is 6.42 Å². The van der Waals surface area contributed by atoms with E-state index in [9.17, 15) is 4.39 Å². The summed E-state index contributed by atoms with van der Waals surface area (Å²) in [7, 11) is 0. The lowest BCUT2D eigenvalue weighted by Gasteiger charge is -2.19. The summed E-state index contributed by atoms with van der Waals surface area (Å²) in [4.78, 5) is 0. The van der Waals surface area contributed by atoms with Gasteiger partial charge in [0.05, 0.1) is 5.02 Å². The van der Waals surface area contributed by atoms with E-state index < -0.39 is 0 Å². The minimum Gasteiger partial charge on any atom is -0.310 e. The van der Waals surface area contributed by atoms with Crippen molar-refractivity contribution in [2.24, 2.45) is 0 Å². The second kappa shape index (κ2) is 6.87. The summed E-state index contributed by atoms with van der Waals surface area (Å²) in [6.45, 7) is 4.99. The summed E-state index contributed by atoms with van der Waals surface area (Å²) in [6.07, 6.45) is 0.674. The zero-order valence-electron chi connectivity index (χ0n) is 11.8. The van der Waals surface area contributed by atoms with Gasteiger partial charge in [-0.3, -0.25) is 0 Å². The SMILES string of the molecule is CCNC(Cc1cccc(F)c1Cl)c1cccc(C)c1. The van der Waals surface area contributed by atoms with Crippen molar-refractivity contribution in [3.8, 4) is 0 Å². The molecule has 2 rings (SSSR count). The number of hydrogen-bond donors (Lipinski definition) is 1. The lowest BCUT2D eigenvalue weighted by Crippen LogP contribution is -2.23. The van der Waals surface area contributed by atoms with Gasteiger partial charge in [0.25, 0.3) is 0 Å². The van der Waals surface area contributed by atoms with Crippen LogP contribution < -0.4 is 5.32 Å². The third-order valence-corrected chi connectivity index (χ3v) is 3.77. The Morgan fingerprint density at radius 2 is 1.95 bits per heavy atom. The molecule has 0 radical (unpaired) electrons. The third kappa shape index (κ3) is 3.59. The Morgan fingerprint density at radius 1 is 1.20 bits per heavy atom. The van der Waals surface area contributed by atoms with Crippen LogP contribution in [-0.4, -0.2) is 6.54 Å². The van der Waals surface area contributed by atoms with Gasteiger partial charge >= 0.3 is 0 Å².